The summed E-state index contributed by atoms with van der Waals surface area (Å²) in [5.74, 6) is 0.918. The van der Waals surface area contributed by atoms with Crippen LogP contribution in [-0.4, -0.2) is 18.6 Å². The number of nitrogens with zero attached hydrogens (tertiary/aromatic N) is 1. The lowest BCUT2D eigenvalue weighted by molar-refractivity contribution is 0.405. The second kappa shape index (κ2) is 7.57. The molecule has 0 saturated carbocycles. The van der Waals surface area contributed by atoms with Gasteiger partial charge in [0.05, 0.1) is 7.11 Å². The first-order valence-electron chi connectivity index (χ1n) is 7.11. The van der Waals surface area contributed by atoms with Crippen LogP contribution < -0.4 is 10.1 Å². The third-order valence-corrected chi connectivity index (χ3v) is 3.91. The van der Waals surface area contributed by atoms with Gasteiger partial charge in [0.1, 0.15) is 5.75 Å². The molecule has 0 aliphatic rings. The van der Waals surface area contributed by atoms with Crippen molar-refractivity contribution in [3.05, 3.63) is 57.8 Å². The van der Waals surface area contributed by atoms with E-state index < -0.39 is 0 Å². The average molecular weight is 349 g/mol. The van der Waals surface area contributed by atoms with Gasteiger partial charge in [0.2, 0.25) is 0 Å². The number of rotatable bonds is 6. The monoisotopic (exact) mass is 348 g/mol. The summed E-state index contributed by atoms with van der Waals surface area (Å²) < 4.78 is 6.54. The van der Waals surface area contributed by atoms with Crippen LogP contribution in [0.25, 0.3) is 0 Å². The van der Waals surface area contributed by atoms with Crippen molar-refractivity contribution in [2.75, 3.05) is 13.7 Å². The minimum absolute atomic E-state index is 0.227. The Kier molecular flexibility index (Phi) is 5.76. The third-order valence-electron chi connectivity index (χ3n) is 3.42. The number of nitrogens with one attached hydrogen (secondary N) is 1. The number of hydrogen-bond acceptors (Lipinski definition) is 3. The normalized spacial score (nSPS) is 12.2. The molecule has 0 aliphatic carbocycles. The average Bonchev–Trinajstić information content (AvgIpc) is 2.47. The predicted molar refractivity (Wildman–Crippen MR) is 89.8 cm³/mol. The molecule has 0 bridgehead atoms. The topological polar surface area (TPSA) is 34.1 Å². The molecule has 0 aliphatic heterocycles. The van der Waals surface area contributed by atoms with Crippen LogP contribution in [0.5, 0.6) is 5.75 Å². The fourth-order valence-corrected chi connectivity index (χ4v) is 2.86. The van der Waals surface area contributed by atoms with E-state index in [4.69, 9.17) is 4.74 Å². The lowest BCUT2D eigenvalue weighted by Gasteiger charge is -2.20. The molecule has 0 spiro atoms. The number of ether oxygens (including phenoxy) is 1. The van der Waals surface area contributed by atoms with E-state index in [-0.39, 0.29) is 6.04 Å². The zero-order chi connectivity index (χ0) is 15.2. The van der Waals surface area contributed by atoms with Gasteiger partial charge in [-0.2, -0.15) is 0 Å². The molecule has 1 atom stereocenters. The standard InChI is InChI=1S/C17H21BrN2O/c1-4-20-16(14-7-12(2)10-19-11-14)9-13-8-15(18)5-6-17(13)21-3/h5-8,10-11,16,20H,4,9H2,1-3H3. The van der Waals surface area contributed by atoms with Crippen LogP contribution in [0.3, 0.4) is 0 Å². The molecule has 0 radical (unpaired) electrons. The summed E-state index contributed by atoms with van der Waals surface area (Å²) in [6.45, 7) is 5.10. The minimum atomic E-state index is 0.227. The molecule has 4 heteroatoms. The van der Waals surface area contributed by atoms with E-state index in [2.05, 4.69) is 52.2 Å². The number of benzene rings is 1. The Labute approximate surface area is 134 Å². The summed E-state index contributed by atoms with van der Waals surface area (Å²) in [5, 5.41) is 3.53. The first-order valence-corrected chi connectivity index (χ1v) is 7.90. The number of methoxy groups -OCH3 is 1. The Morgan fingerprint density at radius 2 is 2.10 bits per heavy atom. The van der Waals surface area contributed by atoms with Crippen molar-refractivity contribution in [2.45, 2.75) is 26.3 Å². The predicted octanol–water partition coefficient (Wildman–Crippen LogP) is 4.05. The smallest absolute Gasteiger partial charge is 0.122 e. The molecule has 0 fully saturated rings. The van der Waals surface area contributed by atoms with Gasteiger partial charge in [0.15, 0.2) is 0 Å². The third kappa shape index (κ3) is 4.29. The number of likely N-dealkylation sites (N-methyl/N-ethyl adjacent to an activating group) is 1. The van der Waals surface area contributed by atoms with Gasteiger partial charge in [0.25, 0.3) is 0 Å². The van der Waals surface area contributed by atoms with Crippen molar-refractivity contribution in [1.82, 2.24) is 10.3 Å². The molecule has 3 nitrogen and oxygen atoms in total. The molecule has 1 unspecified atom stereocenters. The summed E-state index contributed by atoms with van der Waals surface area (Å²) in [6.07, 6.45) is 4.68. The van der Waals surface area contributed by atoms with Crippen molar-refractivity contribution in [3.8, 4) is 5.75 Å². The Morgan fingerprint density at radius 3 is 2.76 bits per heavy atom. The van der Waals surface area contributed by atoms with Gasteiger partial charge in [-0.1, -0.05) is 28.9 Å². The van der Waals surface area contributed by atoms with Crippen molar-refractivity contribution in [2.24, 2.45) is 0 Å². The highest BCUT2D eigenvalue weighted by atomic mass is 79.9. The fraction of sp³-hybridized carbons (Fsp3) is 0.353. The molecule has 1 heterocycles. The van der Waals surface area contributed by atoms with E-state index in [1.54, 1.807) is 7.11 Å². The lowest BCUT2D eigenvalue weighted by Crippen LogP contribution is -2.23. The van der Waals surface area contributed by atoms with E-state index in [9.17, 15) is 0 Å². The van der Waals surface area contributed by atoms with E-state index in [1.807, 2.05) is 24.5 Å². The SMILES string of the molecule is CCNC(Cc1cc(Br)ccc1OC)c1cncc(C)c1. The molecule has 0 amide bonds. The zero-order valence-electron chi connectivity index (χ0n) is 12.7. The van der Waals surface area contributed by atoms with Crippen molar-refractivity contribution in [3.63, 3.8) is 0 Å². The zero-order valence-corrected chi connectivity index (χ0v) is 14.3. The highest BCUT2D eigenvalue weighted by Crippen LogP contribution is 2.28. The second-order valence-electron chi connectivity index (χ2n) is 5.07. The molecule has 21 heavy (non-hydrogen) atoms. The maximum Gasteiger partial charge on any atom is 0.122 e. The summed E-state index contributed by atoms with van der Waals surface area (Å²) in [5.41, 5.74) is 3.56. The molecule has 1 aromatic heterocycles. The molecule has 1 aromatic carbocycles. The first-order chi connectivity index (χ1) is 10.1. The molecule has 1 N–H and O–H groups in total. The minimum Gasteiger partial charge on any atom is -0.496 e. The molecule has 0 saturated heterocycles. The Bertz CT molecular complexity index is 601. The van der Waals surface area contributed by atoms with Gasteiger partial charge in [-0.3, -0.25) is 4.98 Å². The number of halogens is 1. The van der Waals surface area contributed by atoms with Gasteiger partial charge < -0.3 is 10.1 Å². The van der Waals surface area contributed by atoms with Gasteiger partial charge in [-0.05, 0) is 54.8 Å². The first kappa shape index (κ1) is 16.0. The number of aryl methyl sites for hydroxylation is 1. The van der Waals surface area contributed by atoms with E-state index in [0.717, 1.165) is 23.2 Å². The molecular weight excluding hydrogens is 328 g/mol. The van der Waals surface area contributed by atoms with Crippen LogP contribution in [-0.2, 0) is 6.42 Å². The van der Waals surface area contributed by atoms with Crippen molar-refractivity contribution < 1.29 is 4.74 Å². The van der Waals surface area contributed by atoms with E-state index >= 15 is 0 Å². The van der Waals surface area contributed by atoms with Gasteiger partial charge in [-0.25, -0.2) is 0 Å². The van der Waals surface area contributed by atoms with Crippen LogP contribution in [0, 0.1) is 6.92 Å². The molecule has 2 aromatic rings. The second-order valence-corrected chi connectivity index (χ2v) is 5.98. The summed E-state index contributed by atoms with van der Waals surface area (Å²) in [6, 6.07) is 8.53. The number of aromatic nitrogens is 1. The van der Waals surface area contributed by atoms with Gasteiger partial charge in [-0.15, -0.1) is 0 Å². The van der Waals surface area contributed by atoms with Crippen LogP contribution in [0.15, 0.2) is 41.1 Å². The van der Waals surface area contributed by atoms with E-state index in [1.165, 1.54) is 16.7 Å². The Balaban J connectivity index is 2.30. The maximum absolute atomic E-state index is 5.47. The van der Waals surface area contributed by atoms with Crippen LogP contribution in [0.1, 0.15) is 29.7 Å². The summed E-state index contributed by atoms with van der Waals surface area (Å²) in [4.78, 5) is 4.31. The van der Waals surface area contributed by atoms with Crippen LogP contribution in [0.4, 0.5) is 0 Å². The van der Waals surface area contributed by atoms with Gasteiger partial charge in [0, 0.05) is 22.9 Å². The van der Waals surface area contributed by atoms with Crippen molar-refractivity contribution in [1.29, 1.82) is 0 Å². The summed E-state index contributed by atoms with van der Waals surface area (Å²) in [7, 11) is 1.71. The fourth-order valence-electron chi connectivity index (χ4n) is 2.45. The Morgan fingerprint density at radius 1 is 1.29 bits per heavy atom. The number of hydrogen-bond donors (Lipinski definition) is 1. The van der Waals surface area contributed by atoms with Crippen LogP contribution in [0.2, 0.25) is 0 Å². The highest BCUT2D eigenvalue weighted by Gasteiger charge is 2.15. The summed E-state index contributed by atoms with van der Waals surface area (Å²) >= 11 is 3.53. The van der Waals surface area contributed by atoms with Gasteiger partial charge >= 0.3 is 0 Å². The maximum atomic E-state index is 5.47. The van der Waals surface area contributed by atoms with Crippen molar-refractivity contribution >= 4 is 15.9 Å². The lowest BCUT2D eigenvalue weighted by atomic mass is 9.98. The Hall–Kier alpha value is -1.39. The number of pyridine rings is 1. The molecular formula is C17H21BrN2O. The molecule has 112 valence electrons. The quantitative estimate of drug-likeness (QED) is 0.854. The van der Waals surface area contributed by atoms with Crippen LogP contribution >= 0.6 is 15.9 Å². The van der Waals surface area contributed by atoms with E-state index in [0.29, 0.717) is 0 Å². The highest BCUT2D eigenvalue weighted by molar-refractivity contribution is 9.10. The molecule has 2 rings (SSSR count). The largest absolute Gasteiger partial charge is 0.496 e.